The minimum atomic E-state index is -1.26. The molecule has 4 bridgehead atoms. The van der Waals surface area contributed by atoms with Gasteiger partial charge in [-0.2, -0.15) is 4.89 Å². The zero-order chi connectivity index (χ0) is 46.3. The summed E-state index contributed by atoms with van der Waals surface area (Å²) in [6, 6.07) is 16.9. The van der Waals surface area contributed by atoms with Crippen LogP contribution < -0.4 is 31.7 Å². The van der Waals surface area contributed by atoms with Crippen molar-refractivity contribution in [1.29, 1.82) is 0 Å². The predicted octanol–water partition coefficient (Wildman–Crippen LogP) is 6.88. The Morgan fingerprint density at radius 1 is 0.846 bits per heavy atom. The fourth-order valence-corrected chi connectivity index (χ4v) is 10.6. The van der Waals surface area contributed by atoms with Crippen LogP contribution in [0.2, 0.25) is 5.02 Å². The van der Waals surface area contributed by atoms with E-state index in [1.807, 2.05) is 36.4 Å². The molecular formula is C48H58ClN5O11. The van der Waals surface area contributed by atoms with Crippen LogP contribution in [0, 0.1) is 29.6 Å². The number of carbonyl (C=O) groups is 5. The first-order chi connectivity index (χ1) is 31.3. The first kappa shape index (κ1) is 47.3. The lowest BCUT2D eigenvalue weighted by atomic mass is 9.47. The number of hydrogen-bond acceptors (Lipinski definition) is 11. The zero-order valence-corrected chi connectivity index (χ0v) is 37.8. The minimum absolute atomic E-state index is 0.0143. The van der Waals surface area contributed by atoms with Crippen molar-refractivity contribution in [3.63, 3.8) is 0 Å². The molecule has 1 spiro atoms. The van der Waals surface area contributed by atoms with E-state index < -0.39 is 53.4 Å². The van der Waals surface area contributed by atoms with Crippen LogP contribution in [0.1, 0.15) is 81.0 Å². The highest BCUT2D eigenvalue weighted by Gasteiger charge is 2.77. The maximum Gasteiger partial charge on any atom is 0.408 e. The van der Waals surface area contributed by atoms with Gasteiger partial charge in [-0.05, 0) is 104 Å². The van der Waals surface area contributed by atoms with Gasteiger partial charge in [0.05, 0.1) is 12.1 Å². The van der Waals surface area contributed by atoms with Crippen LogP contribution in [0.25, 0.3) is 6.08 Å². The molecule has 5 fully saturated rings. The van der Waals surface area contributed by atoms with Gasteiger partial charge in [0, 0.05) is 36.5 Å². The van der Waals surface area contributed by atoms with Crippen LogP contribution in [0.5, 0.6) is 5.75 Å². The van der Waals surface area contributed by atoms with Gasteiger partial charge in [0.25, 0.3) is 5.79 Å². The van der Waals surface area contributed by atoms with E-state index in [-0.39, 0.29) is 49.0 Å². The second kappa shape index (κ2) is 20.7. The van der Waals surface area contributed by atoms with Crippen molar-refractivity contribution in [2.24, 2.45) is 35.3 Å². The molecule has 3 unspecified atom stereocenters. The van der Waals surface area contributed by atoms with Crippen LogP contribution in [-0.4, -0.2) is 68.4 Å². The molecule has 3 aromatic rings. The van der Waals surface area contributed by atoms with Gasteiger partial charge in [-0.3, -0.25) is 9.59 Å². The third kappa shape index (κ3) is 10.3. The number of hydrogen-bond donors (Lipinski definition) is 5. The summed E-state index contributed by atoms with van der Waals surface area (Å²) in [6.07, 6.45) is 7.99. The molecule has 4 saturated carbocycles. The highest BCUT2D eigenvalue weighted by molar-refractivity contribution is 6.33. The Morgan fingerprint density at radius 2 is 1.52 bits per heavy atom. The summed E-state index contributed by atoms with van der Waals surface area (Å²) in [5, 5.41) is 11.0. The normalized spacial score (nSPS) is 24.8. The Bertz CT molecular complexity index is 2210. The number of benzene rings is 3. The molecule has 1 heterocycles. The second-order valence-electron chi connectivity index (χ2n) is 17.7. The number of anilines is 1. The molecule has 0 radical (unpaired) electrons. The van der Waals surface area contributed by atoms with Gasteiger partial charge in [-0.25, -0.2) is 19.3 Å². The molecule has 16 nitrogen and oxygen atoms in total. The van der Waals surface area contributed by atoms with Crippen LogP contribution in [0.4, 0.5) is 15.3 Å². The quantitative estimate of drug-likeness (QED) is 0.0362. The van der Waals surface area contributed by atoms with E-state index in [9.17, 15) is 24.0 Å². The number of methoxy groups -OCH3 is 2. The SMILES string of the molecule is COC(=O)/C=C/c1ccc(C2(OC)OOC23C2CC4CC(C2)CC3C4)c(Cl)c1OCc1ccc(NC(=O)C(CCCNC(N)=O)NC(=O)C(NC(=O)OCc2ccccc2)C(C)C)cc1. The summed E-state index contributed by atoms with van der Waals surface area (Å²) in [4.78, 5) is 75.7. The molecule has 5 amide bonds. The number of esters is 1. The lowest BCUT2D eigenvalue weighted by Gasteiger charge is -2.68. The van der Waals surface area contributed by atoms with E-state index in [4.69, 9.17) is 46.1 Å². The van der Waals surface area contributed by atoms with Crippen molar-refractivity contribution in [3.8, 4) is 5.75 Å². The summed E-state index contributed by atoms with van der Waals surface area (Å²) in [7, 11) is 2.91. The number of amides is 5. The molecule has 348 valence electrons. The number of alkyl carbamates (subject to hydrolysis) is 1. The number of halogens is 1. The second-order valence-corrected chi connectivity index (χ2v) is 18.1. The molecule has 3 atom stereocenters. The fourth-order valence-electron chi connectivity index (χ4n) is 10.2. The molecule has 17 heteroatoms. The lowest BCUT2D eigenvalue weighted by Crippen LogP contribution is -2.76. The standard InChI is InChI=1S/C48H58ClN5O11/c1-28(2)41(54-46(59)63-27-29-9-6-5-7-10-29)44(57)53-38(11-8-20-51-45(50)58)43(56)52-36-16-12-30(13-17-36)26-62-42-33(15-19-39(55)60-3)14-18-37(40(42)49)48(61-4)47(64-65-48)34-22-31-21-32(24-34)25-35(47)23-31/h5-7,9-10,12-19,28,31-32,34-35,38,41H,8,11,20-27H2,1-4H3,(H,52,56)(H,53,57)(H,54,59)(H3,50,51,58)/b19-15+. The van der Waals surface area contributed by atoms with Gasteiger partial charge >= 0.3 is 18.1 Å². The van der Waals surface area contributed by atoms with Crippen LogP contribution in [0.15, 0.2) is 72.8 Å². The molecular weight excluding hydrogens is 858 g/mol. The largest absolute Gasteiger partial charge is 0.487 e. The van der Waals surface area contributed by atoms with Crippen molar-refractivity contribution in [1.82, 2.24) is 16.0 Å². The Hall–Kier alpha value is -5.68. The Labute approximate surface area is 383 Å². The van der Waals surface area contributed by atoms with Gasteiger partial charge in [0.15, 0.2) is 5.60 Å². The number of primary amides is 1. The van der Waals surface area contributed by atoms with Gasteiger partial charge in [0.2, 0.25) is 11.8 Å². The number of nitrogens with one attached hydrogen (secondary N) is 4. The number of nitrogens with two attached hydrogens (primary N) is 1. The number of carbonyl (C=O) groups excluding carboxylic acids is 5. The van der Waals surface area contributed by atoms with Crippen molar-refractivity contribution in [2.45, 2.75) is 95.5 Å². The monoisotopic (exact) mass is 915 g/mol. The topological polar surface area (TPSA) is 215 Å². The first-order valence-electron chi connectivity index (χ1n) is 22.1. The summed E-state index contributed by atoms with van der Waals surface area (Å²) in [6.45, 7) is 3.76. The van der Waals surface area contributed by atoms with Crippen LogP contribution >= 0.6 is 11.6 Å². The third-order valence-electron chi connectivity index (χ3n) is 13.2. The highest BCUT2D eigenvalue weighted by atomic mass is 35.5. The lowest BCUT2D eigenvalue weighted by molar-refractivity contribution is -0.645. The van der Waals surface area contributed by atoms with Crippen molar-refractivity contribution in [2.75, 3.05) is 26.1 Å². The Balaban J connectivity index is 1.04. The smallest absolute Gasteiger partial charge is 0.408 e. The van der Waals surface area contributed by atoms with E-state index in [1.54, 1.807) is 57.4 Å². The van der Waals surface area contributed by atoms with Gasteiger partial charge in [-0.15, -0.1) is 0 Å². The van der Waals surface area contributed by atoms with Gasteiger partial charge < -0.3 is 45.9 Å². The summed E-state index contributed by atoms with van der Waals surface area (Å²) in [5.74, 6) is -1.10. The summed E-state index contributed by atoms with van der Waals surface area (Å²) in [5.41, 5.74) is 7.58. The first-order valence-corrected chi connectivity index (χ1v) is 22.5. The average Bonchev–Trinajstić information content (AvgIpc) is 3.28. The summed E-state index contributed by atoms with van der Waals surface area (Å²) >= 11 is 7.29. The van der Waals surface area contributed by atoms with Crippen LogP contribution in [-0.2, 0) is 57.4 Å². The highest BCUT2D eigenvalue weighted by Crippen LogP contribution is 2.70. The maximum absolute atomic E-state index is 13.8. The predicted molar refractivity (Wildman–Crippen MR) is 240 cm³/mol. The molecule has 4 aliphatic carbocycles. The van der Waals surface area contributed by atoms with E-state index >= 15 is 0 Å². The third-order valence-corrected chi connectivity index (χ3v) is 13.5. The van der Waals surface area contributed by atoms with Gasteiger partial charge in [0.1, 0.15) is 31.0 Å². The van der Waals surface area contributed by atoms with E-state index in [1.165, 1.54) is 19.6 Å². The van der Waals surface area contributed by atoms with Crippen molar-refractivity contribution in [3.05, 3.63) is 100 Å². The van der Waals surface area contributed by atoms with Crippen molar-refractivity contribution >= 4 is 53.3 Å². The number of rotatable bonds is 19. The molecule has 0 aromatic heterocycles. The van der Waals surface area contributed by atoms with E-state index in [0.717, 1.165) is 36.8 Å². The van der Waals surface area contributed by atoms with Crippen molar-refractivity contribution < 1.29 is 52.7 Å². The van der Waals surface area contributed by atoms with Gasteiger partial charge in [-0.1, -0.05) is 80.0 Å². The van der Waals surface area contributed by atoms with E-state index in [0.29, 0.717) is 40.8 Å². The molecule has 3 aromatic carbocycles. The molecule has 5 aliphatic rings. The Morgan fingerprint density at radius 3 is 2.12 bits per heavy atom. The zero-order valence-electron chi connectivity index (χ0n) is 37.1. The number of urea groups is 1. The van der Waals surface area contributed by atoms with Crippen LogP contribution in [0.3, 0.4) is 0 Å². The number of ether oxygens (including phenoxy) is 4. The molecule has 1 aliphatic heterocycles. The molecule has 6 N–H and O–H groups in total. The maximum atomic E-state index is 13.8. The minimum Gasteiger partial charge on any atom is -0.487 e. The molecule has 65 heavy (non-hydrogen) atoms. The fraction of sp³-hybridized carbons (Fsp3) is 0.479. The Kier molecular flexibility index (Phi) is 15.0. The molecule has 1 saturated heterocycles. The average molecular weight is 916 g/mol. The van der Waals surface area contributed by atoms with E-state index in [2.05, 4.69) is 21.3 Å². The summed E-state index contributed by atoms with van der Waals surface area (Å²) < 4.78 is 22.9. The molecule has 8 rings (SSSR count).